The highest BCUT2D eigenvalue weighted by molar-refractivity contribution is 5.91. The summed E-state index contributed by atoms with van der Waals surface area (Å²) in [7, 11) is 1.56. The number of aromatic nitrogens is 1. The van der Waals surface area contributed by atoms with Crippen molar-refractivity contribution in [3.8, 4) is 17.2 Å². The Morgan fingerprint density at radius 1 is 1.09 bits per heavy atom. The van der Waals surface area contributed by atoms with Gasteiger partial charge in [0.15, 0.2) is 11.5 Å². The first-order valence-corrected chi connectivity index (χ1v) is 11.4. The number of rotatable bonds is 9. The van der Waals surface area contributed by atoms with E-state index in [0.29, 0.717) is 47.1 Å². The fraction of sp³-hybridized carbons (Fsp3) is 0.360. The van der Waals surface area contributed by atoms with E-state index in [4.69, 9.17) is 14.2 Å². The van der Waals surface area contributed by atoms with Gasteiger partial charge in [0.1, 0.15) is 5.75 Å². The number of nitrogens with zero attached hydrogens (tertiary/aromatic N) is 2. The zero-order valence-corrected chi connectivity index (χ0v) is 19.7. The fourth-order valence-electron chi connectivity index (χ4n) is 3.96. The normalized spacial score (nSPS) is 12.2. The first kappa shape index (κ1) is 23.4. The van der Waals surface area contributed by atoms with E-state index in [1.165, 1.54) is 0 Å². The molecule has 0 atom stereocenters. The van der Waals surface area contributed by atoms with Crippen LogP contribution in [0.2, 0.25) is 0 Å². The van der Waals surface area contributed by atoms with E-state index in [0.717, 1.165) is 18.5 Å². The maximum Gasteiger partial charge on any atom is 0.322 e. The second-order valence-electron chi connectivity index (χ2n) is 8.00. The van der Waals surface area contributed by atoms with Gasteiger partial charge in [0.05, 0.1) is 24.9 Å². The second-order valence-corrected chi connectivity index (χ2v) is 8.00. The van der Waals surface area contributed by atoms with E-state index in [1.807, 2.05) is 18.2 Å². The number of likely N-dealkylation sites (N-methyl/N-ethyl adjacent to an activating group) is 1. The number of hydrogen-bond acceptors (Lipinski definition) is 6. The molecule has 180 valence electrons. The van der Waals surface area contributed by atoms with Gasteiger partial charge in [-0.15, -0.1) is 0 Å². The van der Waals surface area contributed by atoms with Gasteiger partial charge in [-0.3, -0.25) is 4.79 Å². The van der Waals surface area contributed by atoms with Crippen LogP contribution in [0, 0.1) is 0 Å². The number of urea groups is 1. The maximum atomic E-state index is 13.3. The van der Waals surface area contributed by atoms with E-state index >= 15 is 0 Å². The predicted molar refractivity (Wildman–Crippen MR) is 131 cm³/mol. The van der Waals surface area contributed by atoms with Crippen molar-refractivity contribution in [1.29, 1.82) is 0 Å². The highest BCUT2D eigenvalue weighted by atomic mass is 16.7. The van der Waals surface area contributed by atoms with Crippen LogP contribution in [0.5, 0.6) is 17.2 Å². The van der Waals surface area contributed by atoms with Crippen molar-refractivity contribution >= 4 is 22.6 Å². The van der Waals surface area contributed by atoms with Crippen molar-refractivity contribution in [3.05, 3.63) is 58.4 Å². The Morgan fingerprint density at radius 2 is 1.82 bits per heavy atom. The lowest BCUT2D eigenvalue weighted by atomic mass is 10.1. The van der Waals surface area contributed by atoms with Crippen LogP contribution in [0.1, 0.15) is 19.4 Å². The average molecular weight is 467 g/mol. The number of ether oxygens (including phenoxy) is 3. The molecule has 0 aliphatic carbocycles. The monoisotopic (exact) mass is 466 g/mol. The van der Waals surface area contributed by atoms with Gasteiger partial charge < -0.3 is 34.3 Å². The van der Waals surface area contributed by atoms with E-state index in [-0.39, 0.29) is 24.9 Å². The number of benzene rings is 2. The van der Waals surface area contributed by atoms with Crippen LogP contribution >= 0.6 is 0 Å². The summed E-state index contributed by atoms with van der Waals surface area (Å²) in [6.45, 7) is 7.39. The summed E-state index contributed by atoms with van der Waals surface area (Å²) in [6.07, 6.45) is 0. The number of nitrogens with one attached hydrogen (secondary N) is 2. The third-order valence-electron chi connectivity index (χ3n) is 5.99. The lowest BCUT2D eigenvalue weighted by molar-refractivity contribution is 0.174. The van der Waals surface area contributed by atoms with Gasteiger partial charge in [-0.05, 0) is 37.4 Å². The molecule has 4 rings (SSSR count). The van der Waals surface area contributed by atoms with Gasteiger partial charge in [0.25, 0.3) is 5.56 Å². The van der Waals surface area contributed by atoms with Crippen molar-refractivity contribution < 1.29 is 19.0 Å². The number of amides is 2. The predicted octanol–water partition coefficient (Wildman–Crippen LogP) is 3.64. The fourth-order valence-corrected chi connectivity index (χ4v) is 3.96. The smallest absolute Gasteiger partial charge is 0.322 e. The molecule has 9 nitrogen and oxygen atoms in total. The molecule has 0 saturated heterocycles. The third kappa shape index (κ3) is 5.09. The minimum absolute atomic E-state index is 0.155. The number of carbonyl (C=O) groups is 1. The summed E-state index contributed by atoms with van der Waals surface area (Å²) in [5.41, 5.74) is 1.47. The number of fused-ring (bicyclic) bond motifs is 2. The topological polar surface area (TPSA) is 96.1 Å². The number of hydrogen-bond donors (Lipinski definition) is 2. The molecule has 1 aliphatic heterocycles. The first-order valence-electron chi connectivity index (χ1n) is 11.4. The number of carbonyl (C=O) groups excluding carboxylic acids is 1. The Kier molecular flexibility index (Phi) is 7.22. The number of methoxy groups -OCH3 is 1. The summed E-state index contributed by atoms with van der Waals surface area (Å²) < 4.78 is 16.2. The molecule has 2 heterocycles. The molecule has 1 aromatic heterocycles. The zero-order chi connectivity index (χ0) is 24.1. The molecule has 0 spiro atoms. The molecular weight excluding hydrogens is 436 g/mol. The van der Waals surface area contributed by atoms with Crippen LogP contribution in [0.15, 0.2) is 47.3 Å². The van der Waals surface area contributed by atoms with Crippen molar-refractivity contribution in [3.63, 3.8) is 0 Å². The molecule has 9 heteroatoms. The minimum atomic E-state index is -0.304. The van der Waals surface area contributed by atoms with Crippen LogP contribution < -0.4 is 25.1 Å². The molecule has 2 N–H and O–H groups in total. The van der Waals surface area contributed by atoms with Gasteiger partial charge in [0, 0.05) is 30.1 Å². The molecule has 0 unspecified atom stereocenters. The van der Waals surface area contributed by atoms with Gasteiger partial charge in [0.2, 0.25) is 6.79 Å². The van der Waals surface area contributed by atoms with E-state index in [2.05, 4.69) is 29.0 Å². The van der Waals surface area contributed by atoms with E-state index < -0.39 is 0 Å². The molecule has 2 aromatic carbocycles. The Morgan fingerprint density at radius 3 is 2.56 bits per heavy atom. The molecule has 0 fully saturated rings. The summed E-state index contributed by atoms with van der Waals surface area (Å²) in [5.74, 6) is 1.81. The highest BCUT2D eigenvalue weighted by Gasteiger charge is 2.20. The Bertz CT molecular complexity index is 1220. The summed E-state index contributed by atoms with van der Waals surface area (Å²) in [4.78, 5) is 33.0. The summed E-state index contributed by atoms with van der Waals surface area (Å²) >= 11 is 0. The van der Waals surface area contributed by atoms with E-state index in [1.54, 1.807) is 36.3 Å². The molecule has 0 bridgehead atoms. The van der Waals surface area contributed by atoms with Crippen LogP contribution in [-0.4, -0.2) is 60.9 Å². The lowest BCUT2D eigenvalue weighted by Crippen LogP contribution is -2.41. The standard InChI is InChI=1S/C25H30N4O5/c1-4-28(5-2)10-11-29(25(31)27-19-8-6-7-9-21(19)32-3)15-18-12-17-13-22-23(34-16-33-22)14-20(17)26-24(18)30/h6-9,12-14H,4-5,10-11,15-16H2,1-3H3,(H,26,30)(H,27,31). The van der Waals surface area contributed by atoms with E-state index in [9.17, 15) is 9.59 Å². The largest absolute Gasteiger partial charge is 0.495 e. The Labute approximate surface area is 198 Å². The summed E-state index contributed by atoms with van der Waals surface area (Å²) in [5, 5.41) is 3.74. The number of H-pyrrole nitrogens is 1. The van der Waals surface area contributed by atoms with Gasteiger partial charge in [-0.25, -0.2) is 4.79 Å². The zero-order valence-electron chi connectivity index (χ0n) is 19.7. The highest BCUT2D eigenvalue weighted by Crippen LogP contribution is 2.35. The van der Waals surface area contributed by atoms with Crippen molar-refractivity contribution in [2.45, 2.75) is 20.4 Å². The average Bonchev–Trinajstić information content (AvgIpc) is 3.30. The summed E-state index contributed by atoms with van der Waals surface area (Å²) in [6, 6.07) is 12.3. The lowest BCUT2D eigenvalue weighted by Gasteiger charge is -2.27. The molecule has 34 heavy (non-hydrogen) atoms. The molecule has 2 amide bonds. The Balaban J connectivity index is 1.61. The molecule has 3 aromatic rings. The number of para-hydroxylation sites is 2. The van der Waals surface area contributed by atoms with Crippen molar-refractivity contribution in [2.75, 3.05) is 45.4 Å². The van der Waals surface area contributed by atoms with Crippen molar-refractivity contribution in [2.24, 2.45) is 0 Å². The Hall–Kier alpha value is -3.72. The van der Waals surface area contributed by atoms with Gasteiger partial charge in [-0.1, -0.05) is 26.0 Å². The molecule has 1 aliphatic rings. The number of anilines is 1. The van der Waals surface area contributed by atoms with Crippen molar-refractivity contribution in [1.82, 2.24) is 14.8 Å². The maximum absolute atomic E-state index is 13.3. The van der Waals surface area contributed by atoms with Gasteiger partial charge in [-0.2, -0.15) is 0 Å². The quantitative estimate of drug-likeness (QED) is 0.500. The number of aromatic amines is 1. The van der Waals surface area contributed by atoms with Crippen LogP contribution in [-0.2, 0) is 6.54 Å². The van der Waals surface area contributed by atoms with Crippen LogP contribution in [0.3, 0.4) is 0 Å². The van der Waals surface area contributed by atoms with Crippen LogP contribution in [0.4, 0.5) is 10.5 Å². The minimum Gasteiger partial charge on any atom is -0.495 e. The number of pyridine rings is 1. The molecule has 0 saturated carbocycles. The third-order valence-corrected chi connectivity index (χ3v) is 5.99. The second kappa shape index (κ2) is 10.5. The molecule has 0 radical (unpaired) electrons. The van der Waals surface area contributed by atoms with Crippen LogP contribution in [0.25, 0.3) is 10.9 Å². The molecular formula is C25H30N4O5. The van der Waals surface area contributed by atoms with Gasteiger partial charge >= 0.3 is 6.03 Å². The SMILES string of the molecule is CCN(CC)CCN(Cc1cc2cc3c(cc2[nH]c1=O)OCO3)C(=O)Nc1ccccc1OC. The first-order chi connectivity index (χ1) is 16.5.